The first kappa shape index (κ1) is 38.1. The van der Waals surface area contributed by atoms with E-state index in [-0.39, 0.29) is 58.6 Å². The van der Waals surface area contributed by atoms with Gasteiger partial charge in [0.1, 0.15) is 11.5 Å². The van der Waals surface area contributed by atoms with Gasteiger partial charge in [-0.2, -0.15) is 4.31 Å². The molecule has 0 fully saturated rings. The molecule has 270 valence electrons. The summed E-state index contributed by atoms with van der Waals surface area (Å²) in [5.74, 6) is -0.101. The van der Waals surface area contributed by atoms with Crippen molar-refractivity contribution in [2.24, 2.45) is 13.0 Å². The van der Waals surface area contributed by atoms with Crippen molar-refractivity contribution in [2.45, 2.75) is 68.2 Å². The molecule has 1 aliphatic heterocycles. The lowest BCUT2D eigenvalue weighted by atomic mass is 10.0. The maximum atomic E-state index is 14.4. The van der Waals surface area contributed by atoms with Crippen molar-refractivity contribution in [3.05, 3.63) is 60.6 Å². The van der Waals surface area contributed by atoms with Gasteiger partial charge in [0.2, 0.25) is 0 Å². The van der Waals surface area contributed by atoms with Crippen LogP contribution in [0.3, 0.4) is 0 Å². The number of anilines is 1. The Morgan fingerprint density at radius 3 is 2.47 bits per heavy atom. The van der Waals surface area contributed by atoms with Crippen LogP contribution in [0.2, 0.25) is 0 Å². The van der Waals surface area contributed by atoms with Crippen molar-refractivity contribution in [3.8, 4) is 11.5 Å². The lowest BCUT2D eigenvalue weighted by molar-refractivity contribution is -0.00835. The van der Waals surface area contributed by atoms with Crippen LogP contribution in [0.4, 0.5) is 5.69 Å². The van der Waals surface area contributed by atoms with E-state index in [1.54, 1.807) is 24.6 Å². The molecule has 1 aromatic heterocycles. The van der Waals surface area contributed by atoms with Gasteiger partial charge in [-0.1, -0.05) is 6.92 Å². The Balaban J connectivity index is 1.67. The molecule has 2 heterocycles. The van der Waals surface area contributed by atoms with Gasteiger partial charge in [-0.15, -0.1) is 0 Å². The summed E-state index contributed by atoms with van der Waals surface area (Å²) in [6, 6.07) is 9.79. The Kier molecular flexibility index (Phi) is 12.7. The monoisotopic (exact) mass is 721 g/mol. The van der Waals surface area contributed by atoms with Gasteiger partial charge in [0.05, 0.1) is 48.8 Å². The number of aryl methyl sites for hydroxylation is 1. The third-order valence-corrected chi connectivity index (χ3v) is 11.6. The van der Waals surface area contributed by atoms with E-state index in [1.165, 1.54) is 72.3 Å². The highest BCUT2D eigenvalue weighted by Crippen LogP contribution is 2.30. The molecule has 2 N–H and O–H groups in total. The third-order valence-electron chi connectivity index (χ3n) is 8.47. The first-order chi connectivity index (χ1) is 23.2. The fourth-order valence-electron chi connectivity index (χ4n) is 5.45. The molecular formula is C33H47N5O9S2. The second-order valence-electron chi connectivity index (χ2n) is 12.5. The maximum Gasteiger partial charge on any atom is 0.261 e. The van der Waals surface area contributed by atoms with Crippen molar-refractivity contribution in [1.82, 2.24) is 18.8 Å². The zero-order chi connectivity index (χ0) is 35.9. The normalized spacial score (nSPS) is 20.6. The Hall–Kier alpha value is -3.70. The molecule has 3 aromatic rings. The lowest BCUT2D eigenvalue weighted by Crippen LogP contribution is -2.48. The summed E-state index contributed by atoms with van der Waals surface area (Å²) in [6.45, 7) is 5.56. The first-order valence-electron chi connectivity index (χ1n) is 16.1. The number of hydrogen-bond donors (Lipinski definition) is 2. The molecule has 0 unspecified atom stereocenters. The molecule has 4 atom stereocenters. The minimum atomic E-state index is -4.02. The van der Waals surface area contributed by atoms with Crippen LogP contribution < -0.4 is 14.2 Å². The number of carbonyl (C=O) groups is 1. The molecule has 0 saturated carbocycles. The quantitative estimate of drug-likeness (QED) is 0.317. The second kappa shape index (κ2) is 16.3. The number of aliphatic hydroxyl groups is 1. The smallest absolute Gasteiger partial charge is 0.261 e. The molecule has 0 saturated heterocycles. The number of imidazole rings is 1. The number of carbonyl (C=O) groups excluding carboxylic acids is 1. The molecule has 0 bridgehead atoms. The Bertz CT molecular complexity index is 1780. The summed E-state index contributed by atoms with van der Waals surface area (Å²) in [5.41, 5.74) is 0.256. The average molecular weight is 722 g/mol. The highest BCUT2D eigenvalue weighted by molar-refractivity contribution is 7.92. The van der Waals surface area contributed by atoms with Gasteiger partial charge in [-0.25, -0.2) is 21.8 Å². The molecule has 49 heavy (non-hydrogen) atoms. The van der Waals surface area contributed by atoms with E-state index in [0.29, 0.717) is 25.2 Å². The number of benzene rings is 2. The molecule has 0 aliphatic carbocycles. The number of rotatable bonds is 10. The van der Waals surface area contributed by atoms with Crippen LogP contribution >= 0.6 is 0 Å². The van der Waals surface area contributed by atoms with E-state index in [9.17, 15) is 26.7 Å². The number of nitrogens with one attached hydrogen (secondary N) is 1. The number of fused-ring (bicyclic) bond motifs is 1. The van der Waals surface area contributed by atoms with Crippen LogP contribution in [-0.2, 0) is 31.8 Å². The first-order valence-corrected chi connectivity index (χ1v) is 19.0. The molecule has 1 amide bonds. The number of amides is 1. The fourth-order valence-corrected chi connectivity index (χ4v) is 7.64. The van der Waals surface area contributed by atoms with Crippen LogP contribution in [0.25, 0.3) is 0 Å². The number of sulfonamides is 2. The van der Waals surface area contributed by atoms with Crippen LogP contribution in [0, 0.1) is 5.92 Å². The molecule has 1 aliphatic rings. The summed E-state index contributed by atoms with van der Waals surface area (Å²) in [4.78, 5) is 19.9. The minimum absolute atomic E-state index is 0.00298. The van der Waals surface area contributed by atoms with Crippen LogP contribution in [0.15, 0.2) is 64.9 Å². The number of ether oxygens (including phenoxy) is 3. The van der Waals surface area contributed by atoms with Gasteiger partial charge < -0.3 is 28.8 Å². The van der Waals surface area contributed by atoms with E-state index in [2.05, 4.69) is 9.71 Å². The highest BCUT2D eigenvalue weighted by atomic mass is 32.2. The average Bonchev–Trinajstić information content (AvgIpc) is 3.52. The van der Waals surface area contributed by atoms with Crippen molar-refractivity contribution in [2.75, 3.05) is 45.2 Å². The number of aromatic nitrogens is 2. The van der Waals surface area contributed by atoms with E-state index in [4.69, 9.17) is 14.2 Å². The molecule has 0 spiro atoms. The zero-order valence-corrected chi connectivity index (χ0v) is 30.4. The molecule has 2 aromatic carbocycles. The Morgan fingerprint density at radius 1 is 1.12 bits per heavy atom. The summed E-state index contributed by atoms with van der Waals surface area (Å²) in [7, 11) is -3.30. The molecule has 14 nitrogen and oxygen atoms in total. The second-order valence-corrected chi connectivity index (χ2v) is 16.1. The standard InChI is InChI=1S/C33H47N5O9S2/c1-23-18-38(24(2)21-39)33(40)29-17-26(35-48(41,42)28-13-11-27(45-6)12-14-28)10-15-30(29)47-25(3)9-7-8-16-46-31(23)19-37(5)49(43,44)32-20-36(4)22-34-32/h10-15,17,20,22-25,31,35,39H,7-9,16,18-19,21H2,1-6H3/t23-,24-,25+,31-/m0/s1. The highest BCUT2D eigenvalue weighted by Gasteiger charge is 2.33. The zero-order valence-electron chi connectivity index (χ0n) is 28.8. The minimum Gasteiger partial charge on any atom is -0.497 e. The summed E-state index contributed by atoms with van der Waals surface area (Å²) in [6.07, 6.45) is 4.04. The molecule has 4 rings (SSSR count). The van der Waals surface area contributed by atoms with Crippen molar-refractivity contribution in [3.63, 3.8) is 0 Å². The fraction of sp³-hybridized carbons (Fsp3) is 0.515. The van der Waals surface area contributed by atoms with Crippen LogP contribution in [0.5, 0.6) is 11.5 Å². The van der Waals surface area contributed by atoms with Gasteiger partial charge in [-0.05, 0) is 75.6 Å². The molecule has 16 heteroatoms. The number of likely N-dealkylation sites (N-methyl/N-ethyl adjacent to an activating group) is 1. The van der Waals surface area contributed by atoms with Crippen molar-refractivity contribution in [1.29, 1.82) is 0 Å². The Labute approximate surface area is 289 Å². The SMILES string of the molecule is COc1ccc(S(=O)(=O)Nc2ccc3c(c2)C(=O)N([C@@H](C)CO)C[C@H](C)[C@H](CN(C)S(=O)(=O)c2cn(C)cn2)OCCCC[C@@H](C)O3)cc1. The maximum absolute atomic E-state index is 14.4. The number of aliphatic hydroxyl groups excluding tert-OH is 1. The predicted octanol–water partition coefficient (Wildman–Crippen LogP) is 3.35. The topological polar surface area (TPSA) is 170 Å². The van der Waals surface area contributed by atoms with Crippen molar-refractivity contribution >= 4 is 31.6 Å². The molecular weight excluding hydrogens is 675 g/mol. The van der Waals surface area contributed by atoms with Gasteiger partial charge in [0.15, 0.2) is 5.03 Å². The summed E-state index contributed by atoms with van der Waals surface area (Å²) >= 11 is 0. The van der Waals surface area contributed by atoms with Gasteiger partial charge in [0.25, 0.3) is 26.0 Å². The van der Waals surface area contributed by atoms with E-state index >= 15 is 0 Å². The van der Waals surface area contributed by atoms with E-state index < -0.39 is 38.1 Å². The summed E-state index contributed by atoms with van der Waals surface area (Å²) < 4.78 is 76.1. The Morgan fingerprint density at radius 2 is 1.84 bits per heavy atom. The van der Waals surface area contributed by atoms with Crippen LogP contribution in [-0.4, -0.2) is 105 Å². The van der Waals surface area contributed by atoms with Crippen LogP contribution in [0.1, 0.15) is 50.4 Å². The summed E-state index contributed by atoms with van der Waals surface area (Å²) in [5, 5.41) is 10.1. The number of methoxy groups -OCH3 is 1. The van der Waals surface area contributed by atoms with Crippen molar-refractivity contribution < 1.29 is 40.9 Å². The largest absolute Gasteiger partial charge is 0.497 e. The van der Waals surface area contributed by atoms with E-state index in [1.807, 2.05) is 13.8 Å². The van der Waals surface area contributed by atoms with E-state index in [0.717, 1.165) is 6.42 Å². The molecule has 0 radical (unpaired) electrons. The number of hydrogen-bond acceptors (Lipinski definition) is 10. The lowest BCUT2D eigenvalue weighted by Gasteiger charge is -2.35. The van der Waals surface area contributed by atoms with Gasteiger partial charge in [0, 0.05) is 51.6 Å². The predicted molar refractivity (Wildman–Crippen MR) is 184 cm³/mol. The van der Waals surface area contributed by atoms with Gasteiger partial charge >= 0.3 is 0 Å². The van der Waals surface area contributed by atoms with Gasteiger partial charge in [-0.3, -0.25) is 9.52 Å². The number of nitrogens with zero attached hydrogens (tertiary/aromatic N) is 4. The third kappa shape index (κ3) is 9.51.